The lowest BCUT2D eigenvalue weighted by Crippen LogP contribution is -2.35. The Balaban J connectivity index is 1.90. The summed E-state index contributed by atoms with van der Waals surface area (Å²) in [6.45, 7) is 2.91. The molecule has 0 saturated heterocycles. The van der Waals surface area contributed by atoms with Crippen molar-refractivity contribution in [2.45, 2.75) is 19.5 Å². The molecule has 0 radical (unpaired) electrons. The first kappa shape index (κ1) is 13.6. The van der Waals surface area contributed by atoms with E-state index in [0.29, 0.717) is 30.2 Å². The Bertz CT molecular complexity index is 667. The van der Waals surface area contributed by atoms with Gasteiger partial charge in [-0.25, -0.2) is 4.39 Å². The second kappa shape index (κ2) is 5.56. The van der Waals surface area contributed by atoms with Gasteiger partial charge in [0, 0.05) is 12.1 Å². The molecule has 0 aromatic heterocycles. The fourth-order valence-electron chi connectivity index (χ4n) is 2.69. The second-order valence-corrected chi connectivity index (χ2v) is 5.31. The largest absolute Gasteiger partial charge is 0.370 e. The molecule has 108 valence electrons. The third-order valence-corrected chi connectivity index (χ3v) is 3.87. The Morgan fingerprint density at radius 3 is 2.71 bits per heavy atom. The Kier molecular flexibility index (Phi) is 3.60. The van der Waals surface area contributed by atoms with E-state index in [-0.39, 0.29) is 11.9 Å². The molecular weight excluding hydrogens is 265 g/mol. The van der Waals surface area contributed by atoms with Crippen LogP contribution in [0.3, 0.4) is 0 Å². The minimum absolute atomic E-state index is 0.134. The molecule has 21 heavy (non-hydrogen) atoms. The van der Waals surface area contributed by atoms with E-state index in [2.05, 4.69) is 4.99 Å². The molecule has 1 heterocycles. The Morgan fingerprint density at radius 1 is 1.19 bits per heavy atom. The van der Waals surface area contributed by atoms with E-state index in [4.69, 9.17) is 5.73 Å². The lowest BCUT2D eigenvalue weighted by Gasteiger charge is -2.27. The van der Waals surface area contributed by atoms with Crippen LogP contribution in [0.5, 0.6) is 0 Å². The number of rotatable bonds is 3. The van der Waals surface area contributed by atoms with Crippen LogP contribution in [0.15, 0.2) is 53.5 Å². The highest BCUT2D eigenvalue weighted by atomic mass is 19.1. The van der Waals surface area contributed by atoms with Gasteiger partial charge in [-0.2, -0.15) is 0 Å². The van der Waals surface area contributed by atoms with Gasteiger partial charge in [-0.05, 0) is 18.1 Å². The quantitative estimate of drug-likeness (QED) is 0.941. The zero-order chi connectivity index (χ0) is 14.8. The average molecular weight is 283 g/mol. The van der Waals surface area contributed by atoms with Crippen LogP contribution in [0, 0.1) is 12.7 Å². The van der Waals surface area contributed by atoms with Gasteiger partial charge in [-0.1, -0.05) is 48.5 Å². The maximum atomic E-state index is 14.4. The van der Waals surface area contributed by atoms with Crippen molar-refractivity contribution in [3.63, 3.8) is 0 Å². The smallest absolute Gasteiger partial charge is 0.192 e. The number of aryl methyl sites for hydroxylation is 1. The molecule has 2 aromatic rings. The van der Waals surface area contributed by atoms with E-state index in [0.717, 1.165) is 5.56 Å². The number of aliphatic imine (C=N–C) groups is 1. The van der Waals surface area contributed by atoms with Gasteiger partial charge in [-0.15, -0.1) is 0 Å². The monoisotopic (exact) mass is 283 g/mol. The maximum Gasteiger partial charge on any atom is 0.192 e. The topological polar surface area (TPSA) is 41.6 Å². The number of hydrogen-bond acceptors (Lipinski definition) is 3. The molecule has 1 aliphatic heterocycles. The van der Waals surface area contributed by atoms with Gasteiger partial charge in [0.05, 0.1) is 12.6 Å². The molecule has 0 bridgehead atoms. The molecule has 2 N–H and O–H groups in total. The first-order chi connectivity index (χ1) is 10.2. The Morgan fingerprint density at radius 2 is 1.95 bits per heavy atom. The first-order valence-electron chi connectivity index (χ1n) is 7.02. The summed E-state index contributed by atoms with van der Waals surface area (Å²) < 4.78 is 14.4. The van der Waals surface area contributed by atoms with Crippen LogP contribution >= 0.6 is 0 Å². The molecule has 0 fully saturated rings. The summed E-state index contributed by atoms with van der Waals surface area (Å²) in [5.41, 5.74) is 8.44. The summed E-state index contributed by atoms with van der Waals surface area (Å²) >= 11 is 0. The van der Waals surface area contributed by atoms with Gasteiger partial charge < -0.3 is 10.6 Å². The molecule has 0 saturated carbocycles. The normalized spacial score (nSPS) is 17.9. The van der Waals surface area contributed by atoms with Crippen LogP contribution in [0.1, 0.15) is 22.7 Å². The van der Waals surface area contributed by atoms with Crippen molar-refractivity contribution in [2.75, 3.05) is 6.54 Å². The van der Waals surface area contributed by atoms with E-state index in [9.17, 15) is 4.39 Å². The lowest BCUT2D eigenvalue weighted by molar-refractivity contribution is 0.331. The zero-order valence-electron chi connectivity index (χ0n) is 12.0. The number of nitrogens with zero attached hydrogens (tertiary/aromatic N) is 2. The van der Waals surface area contributed by atoms with Crippen LogP contribution < -0.4 is 5.73 Å². The summed E-state index contributed by atoms with van der Waals surface area (Å²) in [4.78, 5) is 6.26. The van der Waals surface area contributed by atoms with Gasteiger partial charge in [0.1, 0.15) is 5.82 Å². The average Bonchev–Trinajstić information content (AvgIpc) is 2.84. The molecule has 0 amide bonds. The molecule has 4 heteroatoms. The molecule has 1 unspecified atom stereocenters. The molecule has 1 atom stereocenters. The summed E-state index contributed by atoms with van der Waals surface area (Å²) in [7, 11) is 0. The number of hydrogen-bond donors (Lipinski definition) is 1. The van der Waals surface area contributed by atoms with Gasteiger partial charge >= 0.3 is 0 Å². The third-order valence-electron chi connectivity index (χ3n) is 3.87. The molecule has 1 aliphatic rings. The van der Waals surface area contributed by atoms with E-state index < -0.39 is 0 Å². The van der Waals surface area contributed by atoms with Crippen LogP contribution in [0.4, 0.5) is 4.39 Å². The van der Waals surface area contributed by atoms with Crippen LogP contribution in [-0.4, -0.2) is 17.4 Å². The van der Waals surface area contributed by atoms with Gasteiger partial charge in [0.25, 0.3) is 0 Å². The van der Waals surface area contributed by atoms with Crippen molar-refractivity contribution in [3.05, 3.63) is 71.0 Å². The predicted molar refractivity (Wildman–Crippen MR) is 82.4 cm³/mol. The van der Waals surface area contributed by atoms with E-state index in [1.165, 1.54) is 0 Å². The number of benzene rings is 2. The van der Waals surface area contributed by atoms with Crippen LogP contribution in [0.25, 0.3) is 0 Å². The van der Waals surface area contributed by atoms with Gasteiger partial charge in [-0.3, -0.25) is 4.99 Å². The standard InChI is InChI=1S/C17H18FN3/c1-12-6-5-9-14(16(12)18)15-10-20-17(19)21(15)11-13-7-3-2-4-8-13/h2-9,15H,10-11H2,1H3,(H2,19,20). The van der Waals surface area contributed by atoms with Crippen LogP contribution in [0.2, 0.25) is 0 Å². The molecule has 2 aromatic carbocycles. The number of nitrogens with two attached hydrogens (primary N) is 1. The highest BCUT2D eigenvalue weighted by molar-refractivity contribution is 5.80. The van der Waals surface area contributed by atoms with Crippen molar-refractivity contribution in [1.29, 1.82) is 0 Å². The molecule has 0 aliphatic carbocycles. The van der Waals surface area contributed by atoms with Gasteiger partial charge in [0.2, 0.25) is 0 Å². The fraction of sp³-hybridized carbons (Fsp3) is 0.235. The fourth-order valence-corrected chi connectivity index (χ4v) is 2.69. The summed E-state index contributed by atoms with van der Waals surface area (Å²) in [6, 6.07) is 15.4. The zero-order valence-corrected chi connectivity index (χ0v) is 12.0. The van der Waals surface area contributed by atoms with E-state index in [1.807, 2.05) is 47.4 Å². The van der Waals surface area contributed by atoms with Crippen molar-refractivity contribution < 1.29 is 4.39 Å². The number of guanidine groups is 1. The summed E-state index contributed by atoms with van der Waals surface area (Å²) in [6.07, 6.45) is 0. The van der Waals surface area contributed by atoms with Gasteiger partial charge in [0.15, 0.2) is 5.96 Å². The molecule has 0 spiro atoms. The SMILES string of the molecule is Cc1cccc(C2CN=C(N)N2Cc2ccccc2)c1F. The Labute approximate surface area is 123 Å². The van der Waals surface area contributed by atoms with Crippen molar-refractivity contribution >= 4 is 5.96 Å². The predicted octanol–water partition coefficient (Wildman–Crippen LogP) is 3.01. The summed E-state index contributed by atoms with van der Waals surface area (Å²) in [5, 5.41) is 0. The minimum atomic E-state index is -0.162. The molecule has 3 rings (SSSR count). The van der Waals surface area contributed by atoms with Crippen molar-refractivity contribution in [2.24, 2.45) is 10.7 Å². The third kappa shape index (κ3) is 2.61. The van der Waals surface area contributed by atoms with Crippen molar-refractivity contribution in [1.82, 2.24) is 4.90 Å². The Hall–Kier alpha value is -2.36. The highest BCUT2D eigenvalue weighted by Crippen LogP contribution is 2.30. The first-order valence-corrected chi connectivity index (χ1v) is 7.02. The van der Waals surface area contributed by atoms with E-state index >= 15 is 0 Å². The second-order valence-electron chi connectivity index (χ2n) is 5.31. The number of halogens is 1. The van der Waals surface area contributed by atoms with E-state index in [1.54, 1.807) is 13.0 Å². The highest BCUT2D eigenvalue weighted by Gasteiger charge is 2.29. The molecule has 3 nitrogen and oxygen atoms in total. The van der Waals surface area contributed by atoms with Crippen molar-refractivity contribution in [3.8, 4) is 0 Å². The molecular formula is C17H18FN3. The minimum Gasteiger partial charge on any atom is -0.370 e. The maximum absolute atomic E-state index is 14.4. The summed E-state index contributed by atoms with van der Waals surface area (Å²) in [5.74, 6) is 0.315. The lowest BCUT2D eigenvalue weighted by atomic mass is 10.0. The van der Waals surface area contributed by atoms with Crippen LogP contribution in [-0.2, 0) is 6.54 Å².